The Kier molecular flexibility index (Phi) is 7.82. The quantitative estimate of drug-likeness (QED) is 0.573. The lowest BCUT2D eigenvalue weighted by Crippen LogP contribution is -2.53. The van der Waals surface area contributed by atoms with Crippen molar-refractivity contribution < 1.29 is 19.0 Å². The van der Waals surface area contributed by atoms with Gasteiger partial charge in [0.2, 0.25) is 12.2 Å². The van der Waals surface area contributed by atoms with Gasteiger partial charge in [0.15, 0.2) is 0 Å². The van der Waals surface area contributed by atoms with Gasteiger partial charge in [-0.05, 0) is 38.5 Å². The molecule has 3 rings (SSSR count). The Bertz CT molecular complexity index is 915. The number of amidine groups is 1. The maximum atomic E-state index is 13.0. The van der Waals surface area contributed by atoms with Gasteiger partial charge in [-0.1, -0.05) is 26.0 Å². The molecule has 30 heavy (non-hydrogen) atoms. The molecule has 1 fully saturated rings. The number of allylic oxidation sites excluding steroid dienone is 1. The van der Waals surface area contributed by atoms with E-state index in [1.165, 1.54) is 24.0 Å². The lowest BCUT2D eigenvalue weighted by Gasteiger charge is -2.37. The second kappa shape index (κ2) is 10.1. The van der Waals surface area contributed by atoms with E-state index in [9.17, 15) is 14.3 Å². The van der Waals surface area contributed by atoms with Crippen molar-refractivity contribution in [2.75, 3.05) is 13.2 Å². The molecule has 1 aliphatic heterocycles. The highest BCUT2D eigenvalue weighted by Gasteiger charge is 2.35. The van der Waals surface area contributed by atoms with E-state index in [0.717, 1.165) is 5.56 Å². The van der Waals surface area contributed by atoms with Gasteiger partial charge in [0.25, 0.3) is 0 Å². The summed E-state index contributed by atoms with van der Waals surface area (Å²) < 4.78 is 18.8. The van der Waals surface area contributed by atoms with E-state index in [-0.39, 0.29) is 23.1 Å². The fraction of sp³-hybridized carbons (Fsp3) is 0.429. The number of hydrogen-bond donors (Lipinski definition) is 2. The van der Waals surface area contributed by atoms with Crippen molar-refractivity contribution in [3.05, 3.63) is 53.1 Å². The van der Waals surface area contributed by atoms with Crippen LogP contribution in [0.25, 0.3) is 5.70 Å². The number of benzene rings is 1. The first kappa shape index (κ1) is 23.2. The molecular weight excluding hydrogens is 389 g/mol. The number of ether oxygens (including phenoxy) is 1. The molecule has 0 unspecified atom stereocenters. The molecule has 162 valence electrons. The summed E-state index contributed by atoms with van der Waals surface area (Å²) in [7, 11) is 0. The Labute approximate surface area is 175 Å². The average molecular weight is 417 g/mol. The van der Waals surface area contributed by atoms with Gasteiger partial charge in [0.05, 0.1) is 13.2 Å². The molecule has 1 aromatic heterocycles. The van der Waals surface area contributed by atoms with Crippen molar-refractivity contribution >= 4 is 17.9 Å². The van der Waals surface area contributed by atoms with Crippen LogP contribution in [-0.4, -0.2) is 56.2 Å². The normalized spacial score (nSPS) is 17.8. The molecule has 2 aromatic rings. The molecular formula is C21H28FN5O3. The van der Waals surface area contributed by atoms with Crippen molar-refractivity contribution in [2.45, 2.75) is 46.6 Å². The number of aliphatic hydroxyl groups excluding tert-OH is 1. The summed E-state index contributed by atoms with van der Waals surface area (Å²) in [5.41, 5.74) is 0.185. The Morgan fingerprint density at radius 2 is 2.03 bits per heavy atom. The molecule has 8 nitrogen and oxygen atoms in total. The van der Waals surface area contributed by atoms with Crippen molar-refractivity contribution in [1.29, 1.82) is 0 Å². The molecule has 0 atom stereocenters. The zero-order valence-corrected chi connectivity index (χ0v) is 17.9. The van der Waals surface area contributed by atoms with Gasteiger partial charge in [-0.2, -0.15) is 5.10 Å². The van der Waals surface area contributed by atoms with E-state index in [0.29, 0.717) is 37.6 Å². The molecule has 0 radical (unpaired) electrons. The zero-order chi connectivity index (χ0) is 22.3. The lowest BCUT2D eigenvalue weighted by atomic mass is 10.1. The van der Waals surface area contributed by atoms with Gasteiger partial charge in [-0.25, -0.2) is 14.4 Å². The summed E-state index contributed by atoms with van der Waals surface area (Å²) in [5, 5.41) is 17.1. The Morgan fingerprint density at radius 1 is 1.37 bits per heavy atom. The fourth-order valence-electron chi connectivity index (χ4n) is 2.89. The number of aliphatic hydroxyl groups is 1. The van der Waals surface area contributed by atoms with Gasteiger partial charge in [-0.15, -0.1) is 0 Å². The molecule has 9 heteroatoms. The van der Waals surface area contributed by atoms with Crippen molar-refractivity contribution in [1.82, 2.24) is 20.1 Å². The minimum atomic E-state index is -0.812. The number of aliphatic imine (C=N–C) groups is 1. The monoisotopic (exact) mass is 417 g/mol. The van der Waals surface area contributed by atoms with Crippen molar-refractivity contribution in [2.24, 2.45) is 4.99 Å². The number of morpholine rings is 1. The van der Waals surface area contributed by atoms with Gasteiger partial charge in [-0.3, -0.25) is 14.8 Å². The highest BCUT2D eigenvalue weighted by atomic mass is 19.1. The first-order valence-corrected chi connectivity index (χ1v) is 9.81. The number of nitrogens with zero attached hydrogens (tertiary/aromatic N) is 4. The van der Waals surface area contributed by atoms with Crippen molar-refractivity contribution in [3.8, 4) is 0 Å². The van der Waals surface area contributed by atoms with Crippen LogP contribution in [0.1, 0.15) is 51.8 Å². The lowest BCUT2D eigenvalue weighted by molar-refractivity contribution is -0.118. The fourth-order valence-corrected chi connectivity index (χ4v) is 2.89. The number of H-pyrrole nitrogens is 1. The Morgan fingerprint density at radius 3 is 2.63 bits per heavy atom. The molecule has 0 aliphatic carbocycles. The number of rotatable bonds is 5. The van der Waals surface area contributed by atoms with Gasteiger partial charge in [0.1, 0.15) is 34.5 Å². The van der Waals surface area contributed by atoms with Crippen LogP contribution in [0.3, 0.4) is 0 Å². The second-order valence-electron chi connectivity index (χ2n) is 6.94. The van der Waals surface area contributed by atoms with Crippen LogP contribution in [-0.2, 0) is 16.0 Å². The summed E-state index contributed by atoms with van der Waals surface area (Å²) in [4.78, 5) is 21.7. The standard InChI is InChI=1S/C19H22FN5O3.C2H6/c1-12(27)16(22-18-19(2,3)28-9-8-25(18)11-26)17-21-15(23-24-17)10-13-4-6-14(20)7-5-13;1-2/h4-7,11,27H,8-10H2,1-3H3,(H,21,23,24);1-2H3/b16-12+,22-18?;. The molecule has 0 spiro atoms. The third kappa shape index (κ3) is 5.50. The number of hydrogen-bond acceptors (Lipinski definition) is 6. The molecule has 0 bridgehead atoms. The van der Waals surface area contributed by atoms with Gasteiger partial charge in [0, 0.05) is 6.42 Å². The van der Waals surface area contributed by atoms with Crippen LogP contribution in [0.5, 0.6) is 0 Å². The number of carbonyl (C=O) groups is 1. The van der Waals surface area contributed by atoms with Crippen LogP contribution in [0.4, 0.5) is 4.39 Å². The number of halogens is 1. The first-order chi connectivity index (χ1) is 14.3. The summed E-state index contributed by atoms with van der Waals surface area (Å²) in [5.74, 6) is 0.689. The minimum Gasteiger partial charge on any atom is -0.510 e. The van der Waals surface area contributed by atoms with E-state index in [2.05, 4.69) is 20.2 Å². The largest absolute Gasteiger partial charge is 0.510 e. The highest BCUT2D eigenvalue weighted by molar-refractivity contribution is 5.99. The molecule has 1 aliphatic rings. The van der Waals surface area contributed by atoms with Gasteiger partial charge >= 0.3 is 0 Å². The third-order valence-electron chi connectivity index (χ3n) is 4.32. The first-order valence-electron chi connectivity index (χ1n) is 9.81. The Balaban J connectivity index is 0.00000155. The number of nitrogens with one attached hydrogen (secondary N) is 1. The van der Waals surface area contributed by atoms with Crippen LogP contribution < -0.4 is 0 Å². The van der Waals surface area contributed by atoms with Crippen LogP contribution in [0, 0.1) is 5.82 Å². The molecule has 1 amide bonds. The van der Waals surface area contributed by atoms with Crippen LogP contribution in [0.15, 0.2) is 35.0 Å². The third-order valence-corrected chi connectivity index (χ3v) is 4.32. The maximum absolute atomic E-state index is 13.0. The van der Waals surface area contributed by atoms with Crippen molar-refractivity contribution in [3.63, 3.8) is 0 Å². The smallest absolute Gasteiger partial charge is 0.215 e. The average Bonchev–Trinajstić information content (AvgIpc) is 3.17. The van der Waals surface area contributed by atoms with E-state index < -0.39 is 5.60 Å². The molecule has 1 aromatic carbocycles. The predicted molar refractivity (Wildman–Crippen MR) is 112 cm³/mol. The topological polar surface area (TPSA) is 104 Å². The van der Waals surface area contributed by atoms with Crippen LogP contribution >= 0.6 is 0 Å². The van der Waals surface area contributed by atoms with E-state index in [1.54, 1.807) is 26.0 Å². The molecule has 2 N–H and O–H groups in total. The number of carbonyl (C=O) groups excluding carboxylic acids is 1. The summed E-state index contributed by atoms with van der Waals surface area (Å²) in [6.45, 7) is 9.82. The number of aromatic amines is 1. The summed E-state index contributed by atoms with van der Waals surface area (Å²) in [6.07, 6.45) is 1.10. The number of amides is 1. The highest BCUT2D eigenvalue weighted by Crippen LogP contribution is 2.24. The van der Waals surface area contributed by atoms with E-state index in [1.807, 2.05) is 13.8 Å². The Hall–Kier alpha value is -3.07. The SMILES string of the molecule is C/C(O)=C(\N=C1N(C=O)CCOC1(C)C)c1n[nH]c(Cc2ccc(F)cc2)n1.CC. The van der Waals surface area contributed by atoms with Crippen LogP contribution in [0.2, 0.25) is 0 Å². The molecule has 2 heterocycles. The zero-order valence-electron chi connectivity index (χ0n) is 17.9. The number of aromatic nitrogens is 3. The van der Waals surface area contributed by atoms with E-state index in [4.69, 9.17) is 4.74 Å². The predicted octanol–water partition coefficient (Wildman–Crippen LogP) is 3.47. The summed E-state index contributed by atoms with van der Waals surface area (Å²) in [6, 6.07) is 6.08. The minimum absolute atomic E-state index is 0.0907. The second-order valence-corrected chi connectivity index (χ2v) is 6.94. The van der Waals surface area contributed by atoms with Gasteiger partial charge < -0.3 is 9.84 Å². The summed E-state index contributed by atoms with van der Waals surface area (Å²) >= 11 is 0. The van der Waals surface area contributed by atoms with E-state index >= 15 is 0 Å². The molecule has 1 saturated heterocycles. The molecule has 0 saturated carbocycles. The maximum Gasteiger partial charge on any atom is 0.215 e.